The standard InChI is InChI=1S/C11H19N3O4/c1-6(2)13-11(18)14-8(15)5-12-9(10(16)17)7-3-4-7/h6-7,9,12H,3-5H2,1-2H3,(H,16,17)(H2,13,14,15,18). The molecule has 0 aromatic rings. The summed E-state index contributed by atoms with van der Waals surface area (Å²) in [6.07, 6.45) is 1.72. The SMILES string of the molecule is CC(C)NC(=O)NC(=O)CNC(C(=O)O)C1CC1. The van der Waals surface area contributed by atoms with E-state index in [0.29, 0.717) is 0 Å². The van der Waals surface area contributed by atoms with Gasteiger partial charge in [-0.15, -0.1) is 0 Å². The Labute approximate surface area is 105 Å². The Morgan fingerprint density at radius 3 is 2.33 bits per heavy atom. The van der Waals surface area contributed by atoms with E-state index >= 15 is 0 Å². The van der Waals surface area contributed by atoms with E-state index in [0.717, 1.165) is 12.8 Å². The van der Waals surface area contributed by atoms with Crippen LogP contribution >= 0.6 is 0 Å². The monoisotopic (exact) mass is 257 g/mol. The molecule has 18 heavy (non-hydrogen) atoms. The second-order valence-electron chi connectivity index (χ2n) is 4.71. The molecule has 0 spiro atoms. The van der Waals surface area contributed by atoms with E-state index in [2.05, 4.69) is 16.0 Å². The Balaban J connectivity index is 2.27. The average molecular weight is 257 g/mol. The van der Waals surface area contributed by atoms with E-state index in [4.69, 9.17) is 5.11 Å². The molecular formula is C11H19N3O4. The first-order valence-corrected chi connectivity index (χ1v) is 5.96. The second kappa shape index (κ2) is 6.34. The molecular weight excluding hydrogens is 238 g/mol. The second-order valence-corrected chi connectivity index (χ2v) is 4.71. The van der Waals surface area contributed by atoms with Crippen molar-refractivity contribution < 1.29 is 19.5 Å². The summed E-state index contributed by atoms with van der Waals surface area (Å²) in [5, 5.41) is 16.2. The van der Waals surface area contributed by atoms with Gasteiger partial charge in [0.25, 0.3) is 0 Å². The molecule has 7 nitrogen and oxygen atoms in total. The smallest absolute Gasteiger partial charge is 0.321 e. The molecule has 4 N–H and O–H groups in total. The maximum atomic E-state index is 11.4. The van der Waals surface area contributed by atoms with Crippen LogP contribution in [0.15, 0.2) is 0 Å². The molecule has 1 aliphatic rings. The first kappa shape index (κ1) is 14.4. The maximum Gasteiger partial charge on any atom is 0.321 e. The number of hydrogen-bond acceptors (Lipinski definition) is 4. The van der Waals surface area contributed by atoms with Crippen molar-refractivity contribution in [3.05, 3.63) is 0 Å². The number of amides is 3. The zero-order valence-electron chi connectivity index (χ0n) is 10.5. The van der Waals surface area contributed by atoms with Gasteiger partial charge in [-0.1, -0.05) is 0 Å². The van der Waals surface area contributed by atoms with E-state index in [1.54, 1.807) is 13.8 Å². The highest BCUT2D eigenvalue weighted by Gasteiger charge is 2.36. The highest BCUT2D eigenvalue weighted by molar-refractivity contribution is 5.95. The topological polar surface area (TPSA) is 108 Å². The lowest BCUT2D eigenvalue weighted by Crippen LogP contribution is -2.48. The Morgan fingerprint density at radius 1 is 1.28 bits per heavy atom. The summed E-state index contributed by atoms with van der Waals surface area (Å²) < 4.78 is 0. The molecule has 0 aliphatic heterocycles. The van der Waals surface area contributed by atoms with Gasteiger partial charge >= 0.3 is 12.0 Å². The Morgan fingerprint density at radius 2 is 1.89 bits per heavy atom. The number of urea groups is 1. The van der Waals surface area contributed by atoms with Gasteiger partial charge in [0.2, 0.25) is 5.91 Å². The van der Waals surface area contributed by atoms with E-state index < -0.39 is 23.9 Å². The molecule has 0 aromatic carbocycles. The molecule has 1 saturated carbocycles. The number of carbonyl (C=O) groups excluding carboxylic acids is 2. The zero-order chi connectivity index (χ0) is 13.7. The van der Waals surface area contributed by atoms with Crippen LogP contribution in [0, 0.1) is 5.92 Å². The minimum Gasteiger partial charge on any atom is -0.480 e. The third-order valence-electron chi connectivity index (χ3n) is 2.51. The van der Waals surface area contributed by atoms with Crippen LogP contribution in [0.3, 0.4) is 0 Å². The Bertz CT molecular complexity index is 339. The van der Waals surface area contributed by atoms with Crippen LogP contribution in [0.4, 0.5) is 4.79 Å². The predicted octanol–water partition coefficient (Wildman–Crippen LogP) is -0.327. The molecule has 7 heteroatoms. The summed E-state index contributed by atoms with van der Waals surface area (Å²) in [4.78, 5) is 33.5. The number of rotatable bonds is 6. The van der Waals surface area contributed by atoms with Gasteiger partial charge in [-0.05, 0) is 32.6 Å². The quantitative estimate of drug-likeness (QED) is 0.521. The zero-order valence-corrected chi connectivity index (χ0v) is 10.5. The largest absolute Gasteiger partial charge is 0.480 e. The summed E-state index contributed by atoms with van der Waals surface area (Å²) in [5.41, 5.74) is 0. The van der Waals surface area contributed by atoms with Crippen molar-refractivity contribution in [1.29, 1.82) is 0 Å². The van der Waals surface area contributed by atoms with E-state index in [-0.39, 0.29) is 18.5 Å². The van der Waals surface area contributed by atoms with E-state index in [1.807, 2.05) is 0 Å². The number of nitrogens with one attached hydrogen (secondary N) is 3. The molecule has 0 saturated heterocycles. The van der Waals surface area contributed by atoms with Gasteiger partial charge in [-0.25, -0.2) is 4.79 Å². The van der Waals surface area contributed by atoms with Crippen LogP contribution in [-0.4, -0.2) is 41.6 Å². The molecule has 1 atom stereocenters. The van der Waals surface area contributed by atoms with Gasteiger partial charge in [0.15, 0.2) is 0 Å². The fraction of sp³-hybridized carbons (Fsp3) is 0.727. The molecule has 0 aromatic heterocycles. The highest BCUT2D eigenvalue weighted by atomic mass is 16.4. The van der Waals surface area contributed by atoms with E-state index in [9.17, 15) is 14.4 Å². The van der Waals surface area contributed by atoms with Crippen molar-refractivity contribution in [3.63, 3.8) is 0 Å². The lowest BCUT2D eigenvalue weighted by Gasteiger charge is -2.13. The first-order valence-electron chi connectivity index (χ1n) is 5.96. The van der Waals surface area contributed by atoms with E-state index in [1.165, 1.54) is 0 Å². The first-order chi connectivity index (χ1) is 8.40. The van der Waals surface area contributed by atoms with Crippen molar-refractivity contribution in [1.82, 2.24) is 16.0 Å². The van der Waals surface area contributed by atoms with Gasteiger partial charge in [-0.2, -0.15) is 0 Å². The van der Waals surface area contributed by atoms with Crippen molar-refractivity contribution >= 4 is 17.9 Å². The minimum absolute atomic E-state index is 0.0657. The van der Waals surface area contributed by atoms with Crippen LogP contribution in [-0.2, 0) is 9.59 Å². The van der Waals surface area contributed by atoms with Gasteiger partial charge in [-0.3, -0.25) is 20.2 Å². The Kier molecular flexibility index (Phi) is 5.08. The average Bonchev–Trinajstić information content (AvgIpc) is 2.99. The maximum absolute atomic E-state index is 11.4. The number of aliphatic carboxylic acids is 1. The summed E-state index contributed by atoms with van der Waals surface area (Å²) >= 11 is 0. The summed E-state index contributed by atoms with van der Waals surface area (Å²) in [5.74, 6) is -1.41. The summed E-state index contributed by atoms with van der Waals surface area (Å²) in [7, 11) is 0. The molecule has 0 bridgehead atoms. The molecule has 1 unspecified atom stereocenters. The summed E-state index contributed by atoms with van der Waals surface area (Å²) in [6, 6.07) is -1.34. The van der Waals surface area contributed by atoms with Gasteiger partial charge < -0.3 is 10.4 Å². The van der Waals surface area contributed by atoms with Crippen LogP contribution in [0.2, 0.25) is 0 Å². The third-order valence-corrected chi connectivity index (χ3v) is 2.51. The van der Waals surface area contributed by atoms with Crippen molar-refractivity contribution in [2.24, 2.45) is 5.92 Å². The fourth-order valence-electron chi connectivity index (χ4n) is 1.56. The molecule has 1 fully saturated rings. The fourth-order valence-corrected chi connectivity index (χ4v) is 1.56. The van der Waals surface area contributed by atoms with Crippen molar-refractivity contribution in [3.8, 4) is 0 Å². The van der Waals surface area contributed by atoms with Crippen LogP contribution in [0.5, 0.6) is 0 Å². The van der Waals surface area contributed by atoms with Crippen LogP contribution in [0.25, 0.3) is 0 Å². The number of carboxylic acids is 1. The van der Waals surface area contributed by atoms with Crippen molar-refractivity contribution in [2.75, 3.05) is 6.54 Å². The number of carboxylic acid groups (broad SMARTS) is 1. The molecule has 3 amide bonds. The number of imide groups is 1. The van der Waals surface area contributed by atoms with Gasteiger partial charge in [0, 0.05) is 6.04 Å². The lowest BCUT2D eigenvalue weighted by molar-refractivity contribution is -0.140. The lowest BCUT2D eigenvalue weighted by atomic mass is 10.2. The third kappa shape index (κ3) is 5.13. The predicted molar refractivity (Wildman–Crippen MR) is 64.0 cm³/mol. The number of hydrogen-bond donors (Lipinski definition) is 4. The molecule has 102 valence electrons. The van der Waals surface area contributed by atoms with Crippen molar-refractivity contribution in [2.45, 2.75) is 38.8 Å². The highest BCUT2D eigenvalue weighted by Crippen LogP contribution is 2.32. The van der Waals surface area contributed by atoms with Gasteiger partial charge in [0.05, 0.1) is 6.54 Å². The molecule has 1 rings (SSSR count). The van der Waals surface area contributed by atoms with Crippen LogP contribution in [0.1, 0.15) is 26.7 Å². The Hall–Kier alpha value is -1.63. The number of carbonyl (C=O) groups is 3. The normalized spacial score (nSPS) is 16.2. The molecule has 1 aliphatic carbocycles. The van der Waals surface area contributed by atoms with Crippen LogP contribution < -0.4 is 16.0 Å². The van der Waals surface area contributed by atoms with Gasteiger partial charge in [0.1, 0.15) is 6.04 Å². The minimum atomic E-state index is -0.961. The summed E-state index contributed by atoms with van der Waals surface area (Å²) in [6.45, 7) is 3.37. The molecule has 0 radical (unpaired) electrons. The molecule has 0 heterocycles.